The third-order valence-corrected chi connectivity index (χ3v) is 8.06. The van der Waals surface area contributed by atoms with Gasteiger partial charge in [0.05, 0.1) is 10.9 Å². The van der Waals surface area contributed by atoms with E-state index in [1.165, 1.54) is 65.7 Å². The van der Waals surface area contributed by atoms with Crippen molar-refractivity contribution in [3.63, 3.8) is 0 Å². The van der Waals surface area contributed by atoms with Crippen molar-refractivity contribution in [2.45, 2.75) is 47.0 Å². The van der Waals surface area contributed by atoms with E-state index < -0.39 is 0 Å². The summed E-state index contributed by atoms with van der Waals surface area (Å²) < 4.78 is 2.11. The zero-order valence-corrected chi connectivity index (χ0v) is 23.5. The fourth-order valence-electron chi connectivity index (χ4n) is 6.14. The molecule has 1 heterocycles. The lowest BCUT2D eigenvalue weighted by atomic mass is 9.80. The minimum atomic E-state index is 0.00869. The largest absolute Gasteiger partial charge is 0.247 e. The molecule has 38 heavy (non-hydrogen) atoms. The summed E-state index contributed by atoms with van der Waals surface area (Å²) in [7, 11) is 2.10. The Morgan fingerprint density at radius 3 is 1.84 bits per heavy atom. The molecule has 2 nitrogen and oxygen atoms in total. The molecule has 0 aliphatic heterocycles. The lowest BCUT2D eigenvalue weighted by Gasteiger charge is -2.24. The number of aryl methyl sites for hydroxylation is 4. The second-order valence-electron chi connectivity index (χ2n) is 11.7. The van der Waals surface area contributed by atoms with Crippen LogP contribution in [-0.4, -0.2) is 5.10 Å². The lowest BCUT2D eigenvalue weighted by molar-refractivity contribution is -0.718. The van der Waals surface area contributed by atoms with Crippen molar-refractivity contribution < 1.29 is 4.68 Å². The highest BCUT2D eigenvalue weighted by Crippen LogP contribution is 2.41. The van der Waals surface area contributed by atoms with Gasteiger partial charge in [-0.15, -0.1) is 0 Å². The smallest absolute Gasteiger partial charge is 0.0852 e. The van der Waals surface area contributed by atoms with Crippen LogP contribution in [0.4, 0.5) is 0 Å². The molecule has 0 atom stereocenters. The Kier molecular flexibility index (Phi) is 5.61. The molecule has 0 amide bonds. The van der Waals surface area contributed by atoms with E-state index in [0.717, 1.165) is 11.4 Å². The maximum Gasteiger partial charge on any atom is 0.247 e. The molecule has 2 heteroatoms. The highest BCUT2D eigenvalue weighted by Gasteiger charge is 2.28. The van der Waals surface area contributed by atoms with Gasteiger partial charge in [0.1, 0.15) is 5.69 Å². The van der Waals surface area contributed by atoms with Gasteiger partial charge in [-0.05, 0) is 88.2 Å². The number of hydrogen-bond donors (Lipinski definition) is 0. The Labute approximate surface area is 225 Å². The predicted molar refractivity (Wildman–Crippen MR) is 162 cm³/mol. The quantitative estimate of drug-likeness (QED) is 0.173. The van der Waals surface area contributed by atoms with Gasteiger partial charge < -0.3 is 0 Å². The molecule has 0 aliphatic carbocycles. The first-order valence-electron chi connectivity index (χ1n) is 13.5. The molecule has 0 radical (unpaired) electrons. The molecular formula is C36H35N2+. The summed E-state index contributed by atoms with van der Waals surface area (Å²) >= 11 is 0. The van der Waals surface area contributed by atoms with Gasteiger partial charge in [-0.1, -0.05) is 92.2 Å². The summed E-state index contributed by atoms with van der Waals surface area (Å²) in [4.78, 5) is 0. The van der Waals surface area contributed by atoms with E-state index in [9.17, 15) is 0 Å². The van der Waals surface area contributed by atoms with E-state index >= 15 is 0 Å². The van der Waals surface area contributed by atoms with Crippen LogP contribution >= 0.6 is 0 Å². The summed E-state index contributed by atoms with van der Waals surface area (Å²) in [5.74, 6) is 0. The van der Waals surface area contributed by atoms with Crippen LogP contribution in [0.25, 0.3) is 54.8 Å². The second kappa shape index (κ2) is 8.77. The number of aromatic nitrogens is 2. The van der Waals surface area contributed by atoms with Crippen LogP contribution in [0.15, 0.2) is 84.9 Å². The average Bonchev–Trinajstić information content (AvgIpc) is 2.88. The molecule has 1 aromatic heterocycles. The molecule has 0 bridgehead atoms. The van der Waals surface area contributed by atoms with Crippen molar-refractivity contribution in [1.82, 2.24) is 5.10 Å². The van der Waals surface area contributed by atoms with Gasteiger partial charge in [0.25, 0.3) is 0 Å². The normalized spacial score (nSPS) is 12.1. The highest BCUT2D eigenvalue weighted by molar-refractivity contribution is 6.09. The maximum atomic E-state index is 5.31. The van der Waals surface area contributed by atoms with Crippen LogP contribution in [0.1, 0.15) is 43.0 Å². The fourth-order valence-corrected chi connectivity index (χ4v) is 6.14. The molecule has 0 unspecified atom stereocenters. The van der Waals surface area contributed by atoms with Crippen molar-refractivity contribution in [3.05, 3.63) is 107 Å². The topological polar surface area (TPSA) is 16.8 Å². The summed E-state index contributed by atoms with van der Waals surface area (Å²) in [6, 6.07) is 31.1. The van der Waals surface area contributed by atoms with Crippen LogP contribution in [-0.2, 0) is 12.5 Å². The van der Waals surface area contributed by atoms with E-state index in [2.05, 4.69) is 138 Å². The van der Waals surface area contributed by atoms with Gasteiger partial charge in [0.15, 0.2) is 7.05 Å². The third-order valence-electron chi connectivity index (χ3n) is 8.06. The van der Waals surface area contributed by atoms with Crippen molar-refractivity contribution in [1.29, 1.82) is 0 Å². The summed E-state index contributed by atoms with van der Waals surface area (Å²) in [6.45, 7) is 13.6. The van der Waals surface area contributed by atoms with E-state index in [0.29, 0.717) is 0 Å². The minimum Gasteiger partial charge on any atom is -0.0852 e. The second-order valence-corrected chi connectivity index (χ2v) is 11.7. The first-order chi connectivity index (χ1) is 18.1. The van der Waals surface area contributed by atoms with Crippen molar-refractivity contribution in [2.24, 2.45) is 7.05 Å². The highest BCUT2D eigenvalue weighted by atomic mass is 15.3. The standard InChI is InChI=1S/C36H35N2/c1-22-13-12-14-23(2)33(22)34-30-19-25-15-8-9-16-26(25)20-31(30)35(38(7)37-34)29-21-32(36(4,5)6)28-18-11-10-17-27(28)24(29)3/h8-21H,1-7H3/q+1. The molecule has 0 spiro atoms. The Morgan fingerprint density at radius 2 is 1.21 bits per heavy atom. The van der Waals surface area contributed by atoms with E-state index in [4.69, 9.17) is 5.10 Å². The van der Waals surface area contributed by atoms with Gasteiger partial charge in [-0.3, -0.25) is 0 Å². The summed E-state index contributed by atoms with van der Waals surface area (Å²) in [5.41, 5.74) is 9.83. The molecule has 188 valence electrons. The number of benzene rings is 5. The zero-order chi connectivity index (χ0) is 26.8. The van der Waals surface area contributed by atoms with Gasteiger partial charge >= 0.3 is 0 Å². The van der Waals surface area contributed by atoms with Gasteiger partial charge in [0.2, 0.25) is 5.69 Å². The van der Waals surface area contributed by atoms with E-state index in [-0.39, 0.29) is 5.41 Å². The summed E-state index contributed by atoms with van der Waals surface area (Å²) in [6.07, 6.45) is 0. The zero-order valence-electron chi connectivity index (χ0n) is 23.5. The molecule has 0 N–H and O–H groups in total. The van der Waals surface area contributed by atoms with Crippen LogP contribution < -0.4 is 4.68 Å². The van der Waals surface area contributed by atoms with Crippen molar-refractivity contribution >= 4 is 32.3 Å². The molecule has 5 aromatic carbocycles. The Balaban J connectivity index is 1.80. The van der Waals surface area contributed by atoms with Crippen molar-refractivity contribution in [3.8, 4) is 22.5 Å². The first kappa shape index (κ1) is 24.3. The average molecular weight is 496 g/mol. The Bertz CT molecular complexity index is 1870. The Hall–Kier alpha value is -4.04. The third kappa shape index (κ3) is 3.79. The molecule has 0 aliphatic rings. The van der Waals surface area contributed by atoms with Gasteiger partial charge in [-0.2, -0.15) is 0 Å². The molecule has 0 saturated carbocycles. The first-order valence-corrected chi connectivity index (χ1v) is 13.5. The van der Waals surface area contributed by atoms with Crippen LogP contribution in [0.3, 0.4) is 0 Å². The molecule has 6 rings (SSSR count). The fraction of sp³-hybridized carbons (Fsp3) is 0.222. The van der Waals surface area contributed by atoms with Gasteiger partial charge in [0, 0.05) is 16.0 Å². The van der Waals surface area contributed by atoms with Crippen LogP contribution in [0, 0.1) is 20.8 Å². The number of nitrogens with zero attached hydrogens (tertiary/aromatic N) is 2. The molecule has 6 aromatic rings. The lowest BCUT2D eigenvalue weighted by Crippen LogP contribution is -2.37. The van der Waals surface area contributed by atoms with E-state index in [1.807, 2.05) is 0 Å². The molecular weight excluding hydrogens is 460 g/mol. The molecule has 0 saturated heterocycles. The number of fused-ring (bicyclic) bond motifs is 3. The SMILES string of the molecule is Cc1cccc(C)c1-c1n[n+](C)c(-c2cc(C(C)(C)C)c3ccccc3c2C)c2cc3ccccc3cc12. The molecule has 0 fully saturated rings. The predicted octanol–water partition coefficient (Wildman–Crippen LogP) is 8.92. The Morgan fingerprint density at radius 1 is 0.632 bits per heavy atom. The number of rotatable bonds is 2. The summed E-state index contributed by atoms with van der Waals surface area (Å²) in [5, 5.41) is 12.9. The van der Waals surface area contributed by atoms with Crippen molar-refractivity contribution in [2.75, 3.05) is 0 Å². The van der Waals surface area contributed by atoms with Gasteiger partial charge in [-0.25, -0.2) is 0 Å². The van der Waals surface area contributed by atoms with Crippen LogP contribution in [0.5, 0.6) is 0 Å². The van der Waals surface area contributed by atoms with Crippen LogP contribution in [0.2, 0.25) is 0 Å². The van der Waals surface area contributed by atoms with E-state index in [1.54, 1.807) is 0 Å². The monoisotopic (exact) mass is 495 g/mol. The number of hydrogen-bond acceptors (Lipinski definition) is 1. The maximum absolute atomic E-state index is 5.31. The minimum absolute atomic E-state index is 0.00869.